The summed E-state index contributed by atoms with van der Waals surface area (Å²) in [6.45, 7) is 8.52. The van der Waals surface area contributed by atoms with Gasteiger partial charge < -0.3 is 14.4 Å². The molecule has 6 rings (SSSR count). The van der Waals surface area contributed by atoms with Crippen LogP contribution < -0.4 is 4.90 Å². The van der Waals surface area contributed by atoms with Gasteiger partial charge in [0.15, 0.2) is 0 Å². The second-order valence-electron chi connectivity index (χ2n) is 9.95. The first-order valence-electron chi connectivity index (χ1n) is 12.2. The van der Waals surface area contributed by atoms with Crippen LogP contribution in [0.5, 0.6) is 0 Å². The van der Waals surface area contributed by atoms with E-state index in [1.54, 1.807) is 6.33 Å². The number of aryl methyl sites for hydroxylation is 1. The molecule has 0 saturated carbocycles. The number of likely N-dealkylation sites (tertiary alicyclic amines) is 1. The summed E-state index contributed by atoms with van der Waals surface area (Å²) in [6, 6.07) is 16.1. The molecule has 2 aliphatic heterocycles. The third kappa shape index (κ3) is 3.76. The number of anilines is 1. The summed E-state index contributed by atoms with van der Waals surface area (Å²) in [5.41, 5.74) is 4.88. The highest BCUT2D eigenvalue weighted by molar-refractivity contribution is 6.34. The number of nitrogens with zero attached hydrogens (tertiary/aromatic N) is 6. The fourth-order valence-electron chi connectivity index (χ4n) is 5.72. The summed E-state index contributed by atoms with van der Waals surface area (Å²) in [4.78, 5) is 25.4. The zero-order valence-corrected chi connectivity index (χ0v) is 21.2. The van der Waals surface area contributed by atoms with Crippen molar-refractivity contribution in [3.63, 3.8) is 0 Å². The van der Waals surface area contributed by atoms with Gasteiger partial charge in [-0.25, -0.2) is 9.97 Å². The highest BCUT2D eigenvalue weighted by Crippen LogP contribution is 2.45. The lowest BCUT2D eigenvalue weighted by Crippen LogP contribution is -2.59. The molecule has 37 heavy (non-hydrogen) atoms. The fraction of sp³-hybridized carbons (Fsp3) is 0.241. The summed E-state index contributed by atoms with van der Waals surface area (Å²) in [5, 5.41) is 11.9. The predicted octanol–water partition coefficient (Wildman–Crippen LogP) is 5.15. The first kappa shape index (κ1) is 23.3. The highest BCUT2D eigenvalue weighted by atomic mass is 35.5. The number of fused-ring (bicyclic) bond motifs is 1. The van der Waals surface area contributed by atoms with Gasteiger partial charge in [0.1, 0.15) is 17.5 Å². The molecule has 2 aromatic heterocycles. The van der Waals surface area contributed by atoms with Gasteiger partial charge in [-0.1, -0.05) is 42.4 Å². The Kier molecular flexibility index (Phi) is 5.50. The third-order valence-corrected chi connectivity index (χ3v) is 7.91. The Morgan fingerprint density at radius 2 is 2.03 bits per heavy atom. The number of pyridine rings is 1. The number of halogens is 1. The smallest absolute Gasteiger partial charge is 0.245 e. The Hall–Kier alpha value is -4.15. The molecular weight excluding hydrogens is 484 g/mol. The molecule has 2 fully saturated rings. The standard InChI is InChI=1S/C29H25ClN6O/c1-3-26(37)35-16-29(17-35)10-11-34(15-29)28-23(13-31)27(21-6-4-5-7-24(21)30)22-9-8-20(12-25(22)33-28)36-18-32-14-19(36)2/h3-9,12,14,18H,1,10-11,15-17H2,2H3. The van der Waals surface area contributed by atoms with Crippen molar-refractivity contribution in [2.45, 2.75) is 13.3 Å². The van der Waals surface area contributed by atoms with Crippen molar-refractivity contribution in [2.24, 2.45) is 5.41 Å². The second kappa shape index (κ2) is 8.75. The minimum absolute atomic E-state index is 0.0162. The van der Waals surface area contributed by atoms with E-state index in [9.17, 15) is 10.1 Å². The lowest BCUT2D eigenvalue weighted by atomic mass is 9.79. The molecule has 1 spiro atoms. The van der Waals surface area contributed by atoms with E-state index >= 15 is 0 Å². The van der Waals surface area contributed by atoms with Gasteiger partial charge in [-0.05, 0) is 37.6 Å². The van der Waals surface area contributed by atoms with Gasteiger partial charge in [0.2, 0.25) is 5.91 Å². The second-order valence-corrected chi connectivity index (χ2v) is 10.4. The maximum absolute atomic E-state index is 12.0. The van der Waals surface area contributed by atoms with E-state index in [4.69, 9.17) is 16.6 Å². The van der Waals surface area contributed by atoms with Gasteiger partial charge >= 0.3 is 0 Å². The number of benzene rings is 2. The number of hydrogen-bond donors (Lipinski definition) is 0. The number of carbonyl (C=O) groups excluding carboxylic acids is 1. The van der Waals surface area contributed by atoms with Crippen LogP contribution in [-0.4, -0.2) is 51.5 Å². The lowest BCUT2D eigenvalue weighted by molar-refractivity contribution is -0.136. The van der Waals surface area contributed by atoms with Gasteiger partial charge in [-0.15, -0.1) is 0 Å². The van der Waals surface area contributed by atoms with Crippen LogP contribution in [0.1, 0.15) is 17.7 Å². The van der Waals surface area contributed by atoms with Crippen LogP contribution in [0.3, 0.4) is 0 Å². The molecule has 184 valence electrons. The Balaban J connectivity index is 1.50. The third-order valence-electron chi connectivity index (χ3n) is 7.58. The van der Waals surface area contributed by atoms with Gasteiger partial charge in [0.05, 0.1) is 11.8 Å². The highest BCUT2D eigenvalue weighted by Gasteiger charge is 2.49. The largest absolute Gasteiger partial charge is 0.355 e. The topological polar surface area (TPSA) is 78.1 Å². The molecule has 0 N–H and O–H groups in total. The Morgan fingerprint density at radius 3 is 2.73 bits per heavy atom. The number of hydrogen-bond acceptors (Lipinski definition) is 5. The molecule has 7 nitrogen and oxygen atoms in total. The lowest BCUT2D eigenvalue weighted by Gasteiger charge is -2.47. The van der Waals surface area contributed by atoms with E-state index in [1.165, 1.54) is 6.08 Å². The van der Waals surface area contributed by atoms with Gasteiger partial charge in [-0.3, -0.25) is 4.79 Å². The maximum atomic E-state index is 12.0. The molecule has 4 heterocycles. The number of imidazole rings is 1. The first-order valence-corrected chi connectivity index (χ1v) is 12.6. The summed E-state index contributed by atoms with van der Waals surface area (Å²) in [7, 11) is 0. The van der Waals surface area contributed by atoms with E-state index in [0.29, 0.717) is 29.5 Å². The summed E-state index contributed by atoms with van der Waals surface area (Å²) in [6.07, 6.45) is 5.91. The Labute approximate surface area is 220 Å². The summed E-state index contributed by atoms with van der Waals surface area (Å²) >= 11 is 6.67. The van der Waals surface area contributed by atoms with E-state index in [0.717, 1.165) is 52.9 Å². The molecule has 2 aliphatic rings. The monoisotopic (exact) mass is 508 g/mol. The van der Waals surface area contributed by atoms with Crippen molar-refractivity contribution in [3.05, 3.63) is 83.9 Å². The number of carbonyl (C=O) groups is 1. The first-order chi connectivity index (χ1) is 17.9. The van der Waals surface area contributed by atoms with E-state index in [1.807, 2.05) is 65.1 Å². The van der Waals surface area contributed by atoms with Crippen LogP contribution in [-0.2, 0) is 4.79 Å². The Morgan fingerprint density at radius 1 is 1.22 bits per heavy atom. The molecule has 0 radical (unpaired) electrons. The van der Waals surface area contributed by atoms with Crippen molar-refractivity contribution >= 4 is 34.2 Å². The molecule has 2 aromatic carbocycles. The van der Waals surface area contributed by atoms with Crippen molar-refractivity contribution in [1.82, 2.24) is 19.4 Å². The van der Waals surface area contributed by atoms with Crippen LogP contribution in [0.4, 0.5) is 5.82 Å². The van der Waals surface area contributed by atoms with Gasteiger partial charge in [0, 0.05) is 70.7 Å². The average Bonchev–Trinajstić information content (AvgIpc) is 3.53. The van der Waals surface area contributed by atoms with E-state index < -0.39 is 0 Å². The zero-order valence-electron chi connectivity index (χ0n) is 20.5. The van der Waals surface area contributed by atoms with E-state index in [-0.39, 0.29) is 11.3 Å². The molecule has 0 aliphatic carbocycles. The molecule has 0 atom stereocenters. The molecule has 4 aromatic rings. The van der Waals surface area contributed by atoms with Crippen LogP contribution in [0.25, 0.3) is 27.7 Å². The van der Waals surface area contributed by atoms with Gasteiger partial charge in [-0.2, -0.15) is 5.26 Å². The minimum Gasteiger partial charge on any atom is -0.355 e. The molecule has 2 saturated heterocycles. The van der Waals surface area contributed by atoms with Crippen LogP contribution in [0.2, 0.25) is 5.02 Å². The van der Waals surface area contributed by atoms with Crippen molar-refractivity contribution in [2.75, 3.05) is 31.1 Å². The van der Waals surface area contributed by atoms with Crippen molar-refractivity contribution in [1.29, 1.82) is 5.26 Å². The SMILES string of the molecule is C=CC(=O)N1CC2(CCN(c3nc4cc(-n5cncc5C)ccc4c(-c4ccccc4Cl)c3C#N)C2)C1. The fourth-order valence-corrected chi connectivity index (χ4v) is 5.95. The number of nitriles is 1. The molecule has 8 heteroatoms. The van der Waals surface area contributed by atoms with Crippen LogP contribution >= 0.6 is 11.6 Å². The Bertz CT molecular complexity index is 1610. The van der Waals surface area contributed by atoms with Crippen LogP contribution in [0.15, 0.2) is 67.6 Å². The quantitative estimate of drug-likeness (QED) is 0.356. The zero-order chi connectivity index (χ0) is 25.7. The van der Waals surface area contributed by atoms with Crippen LogP contribution in [0, 0.1) is 23.7 Å². The van der Waals surface area contributed by atoms with Gasteiger partial charge in [0.25, 0.3) is 0 Å². The molecule has 1 amide bonds. The average molecular weight is 509 g/mol. The molecular formula is C29H25ClN6O. The summed E-state index contributed by atoms with van der Waals surface area (Å²) in [5.74, 6) is 0.628. The maximum Gasteiger partial charge on any atom is 0.245 e. The predicted molar refractivity (Wildman–Crippen MR) is 145 cm³/mol. The summed E-state index contributed by atoms with van der Waals surface area (Å²) < 4.78 is 2.01. The number of aromatic nitrogens is 3. The number of amides is 1. The normalized spacial score (nSPS) is 16.1. The van der Waals surface area contributed by atoms with Crippen molar-refractivity contribution in [3.8, 4) is 22.9 Å². The minimum atomic E-state index is -0.0334. The van der Waals surface area contributed by atoms with E-state index in [2.05, 4.69) is 22.5 Å². The molecule has 0 unspecified atom stereocenters. The molecule has 0 bridgehead atoms. The number of rotatable bonds is 4. The van der Waals surface area contributed by atoms with Crippen molar-refractivity contribution < 1.29 is 4.79 Å².